The first-order valence-corrected chi connectivity index (χ1v) is 6.80. The van der Waals surface area contributed by atoms with Gasteiger partial charge in [-0.15, -0.1) is 0 Å². The summed E-state index contributed by atoms with van der Waals surface area (Å²) < 4.78 is 18.6. The number of nitrogens with one attached hydrogen (secondary N) is 1. The van der Waals surface area contributed by atoms with Gasteiger partial charge in [0.2, 0.25) is 5.96 Å². The van der Waals surface area contributed by atoms with Crippen molar-refractivity contribution in [3.05, 3.63) is 35.1 Å². The van der Waals surface area contributed by atoms with E-state index in [2.05, 4.69) is 10.4 Å². The van der Waals surface area contributed by atoms with Gasteiger partial charge < -0.3 is 4.74 Å². The molecule has 2 aliphatic heterocycles. The van der Waals surface area contributed by atoms with Crippen molar-refractivity contribution >= 4 is 11.9 Å². The average Bonchev–Trinajstić information content (AvgIpc) is 3.06. The van der Waals surface area contributed by atoms with Crippen LogP contribution in [0.5, 0.6) is 0 Å². The van der Waals surface area contributed by atoms with Crippen LogP contribution < -0.4 is 5.43 Å². The third kappa shape index (κ3) is 2.74. The third-order valence-electron chi connectivity index (χ3n) is 3.59. The highest BCUT2D eigenvalue weighted by Gasteiger charge is 2.28. The Hall–Kier alpha value is -1.99. The number of rotatable bonds is 3. The summed E-state index contributed by atoms with van der Waals surface area (Å²) in [5.74, 6) is 0.173. The highest BCUT2D eigenvalue weighted by molar-refractivity contribution is 5.98. The minimum absolute atomic E-state index is 0.0234. The molecule has 0 saturated heterocycles. The molecular formula is C14H17FN4O2. The van der Waals surface area contributed by atoms with Crippen molar-refractivity contribution < 1.29 is 13.9 Å². The van der Waals surface area contributed by atoms with E-state index in [4.69, 9.17) is 4.74 Å². The minimum atomic E-state index is -0.197. The molecule has 0 spiro atoms. The van der Waals surface area contributed by atoms with Crippen LogP contribution in [-0.2, 0) is 22.6 Å². The van der Waals surface area contributed by atoms with Crippen LogP contribution in [0.1, 0.15) is 11.1 Å². The molecule has 0 aromatic heterocycles. The smallest absolute Gasteiger partial charge is 0.255 e. The van der Waals surface area contributed by atoms with Crippen LogP contribution in [-0.4, -0.2) is 48.6 Å². The lowest BCUT2D eigenvalue weighted by atomic mass is 10.1. The summed E-state index contributed by atoms with van der Waals surface area (Å²) in [4.78, 5) is 17.8. The first-order chi connectivity index (χ1) is 10.2. The van der Waals surface area contributed by atoms with E-state index < -0.39 is 0 Å². The number of amides is 1. The minimum Gasteiger partial charge on any atom is -0.375 e. The molecule has 2 aliphatic rings. The quantitative estimate of drug-likeness (QED) is 0.881. The van der Waals surface area contributed by atoms with Gasteiger partial charge in [0.15, 0.2) is 0 Å². The lowest BCUT2D eigenvalue weighted by molar-refractivity contribution is -0.131. The predicted molar refractivity (Wildman–Crippen MR) is 74.7 cm³/mol. The summed E-state index contributed by atoms with van der Waals surface area (Å²) >= 11 is 0. The fraction of sp³-hybridized carbons (Fsp3) is 0.429. The number of carbonyl (C=O) groups is 1. The van der Waals surface area contributed by atoms with Gasteiger partial charge in [-0.3, -0.25) is 15.1 Å². The molecule has 0 radical (unpaired) electrons. The predicted octanol–water partition coefficient (Wildman–Crippen LogP) is 0.491. The zero-order valence-corrected chi connectivity index (χ0v) is 11.8. The van der Waals surface area contributed by atoms with Gasteiger partial charge in [-0.2, -0.15) is 0 Å². The summed E-state index contributed by atoms with van der Waals surface area (Å²) in [5, 5.41) is 1.85. The summed E-state index contributed by atoms with van der Waals surface area (Å²) in [7, 11) is 1.48. The molecule has 112 valence electrons. The Kier molecular flexibility index (Phi) is 3.85. The summed E-state index contributed by atoms with van der Waals surface area (Å²) in [6.45, 7) is 2.16. The maximum absolute atomic E-state index is 13.7. The number of halogens is 1. The van der Waals surface area contributed by atoms with Gasteiger partial charge in [0.1, 0.15) is 12.4 Å². The highest BCUT2D eigenvalue weighted by Crippen LogP contribution is 2.23. The molecule has 1 aromatic rings. The molecule has 0 fully saturated rings. The molecule has 1 N–H and O–H groups in total. The van der Waals surface area contributed by atoms with Crippen LogP contribution in [0.4, 0.5) is 4.39 Å². The van der Waals surface area contributed by atoms with Crippen molar-refractivity contribution in [1.82, 2.24) is 15.3 Å². The SMILES string of the molecule is COCC(=O)N1CCN=C1NN1Cc2cccc(F)c2C1. The maximum atomic E-state index is 13.7. The van der Waals surface area contributed by atoms with Gasteiger partial charge in [0.05, 0.1) is 6.54 Å². The Labute approximate surface area is 122 Å². The van der Waals surface area contributed by atoms with Crippen LogP contribution in [0.25, 0.3) is 0 Å². The van der Waals surface area contributed by atoms with Crippen LogP contribution in [0.2, 0.25) is 0 Å². The van der Waals surface area contributed by atoms with Crippen LogP contribution in [0, 0.1) is 5.82 Å². The van der Waals surface area contributed by atoms with E-state index in [9.17, 15) is 9.18 Å². The topological polar surface area (TPSA) is 57.2 Å². The molecule has 0 saturated carbocycles. The first kappa shape index (κ1) is 14.0. The number of hydrogen-bond acceptors (Lipinski definition) is 5. The number of ether oxygens (including phenoxy) is 1. The van der Waals surface area contributed by atoms with E-state index in [0.717, 1.165) is 5.56 Å². The van der Waals surface area contributed by atoms with Gasteiger partial charge in [0, 0.05) is 32.3 Å². The number of hydrazine groups is 1. The van der Waals surface area contributed by atoms with Crippen molar-refractivity contribution in [3.63, 3.8) is 0 Å². The standard InChI is InChI=1S/C14H17FN4O2/c1-21-9-13(20)19-6-5-16-14(19)17-18-7-10-3-2-4-12(15)11(10)8-18/h2-4H,5-9H2,1H3,(H,16,17). The van der Waals surface area contributed by atoms with Crippen molar-refractivity contribution in [3.8, 4) is 0 Å². The normalized spacial score (nSPS) is 17.8. The van der Waals surface area contributed by atoms with Gasteiger partial charge in [0.25, 0.3) is 5.91 Å². The number of carbonyl (C=O) groups excluding carboxylic acids is 1. The monoisotopic (exact) mass is 292 g/mol. The molecule has 0 aliphatic carbocycles. The van der Waals surface area contributed by atoms with Gasteiger partial charge in [-0.1, -0.05) is 12.1 Å². The second kappa shape index (κ2) is 5.79. The van der Waals surface area contributed by atoms with Gasteiger partial charge >= 0.3 is 0 Å². The van der Waals surface area contributed by atoms with E-state index in [0.29, 0.717) is 37.7 Å². The van der Waals surface area contributed by atoms with E-state index in [1.165, 1.54) is 13.2 Å². The Morgan fingerprint density at radius 3 is 3.10 bits per heavy atom. The number of methoxy groups -OCH3 is 1. The third-order valence-corrected chi connectivity index (χ3v) is 3.59. The highest BCUT2D eigenvalue weighted by atomic mass is 19.1. The largest absolute Gasteiger partial charge is 0.375 e. The van der Waals surface area contributed by atoms with Gasteiger partial charge in [-0.05, 0) is 11.6 Å². The van der Waals surface area contributed by atoms with E-state index in [1.54, 1.807) is 11.0 Å². The molecule has 21 heavy (non-hydrogen) atoms. The molecule has 2 heterocycles. The molecule has 1 amide bonds. The molecular weight excluding hydrogens is 275 g/mol. The Bertz CT molecular complexity index is 590. The number of fused-ring (bicyclic) bond motifs is 1. The number of guanidine groups is 1. The molecule has 3 rings (SSSR count). The van der Waals surface area contributed by atoms with Crippen LogP contribution in [0.3, 0.4) is 0 Å². The van der Waals surface area contributed by atoms with Crippen LogP contribution in [0.15, 0.2) is 23.2 Å². The Morgan fingerprint density at radius 2 is 2.33 bits per heavy atom. The average molecular weight is 292 g/mol. The fourth-order valence-corrected chi connectivity index (χ4v) is 2.59. The number of benzene rings is 1. The van der Waals surface area contributed by atoms with Crippen molar-refractivity contribution in [2.45, 2.75) is 13.1 Å². The molecule has 0 atom stereocenters. The maximum Gasteiger partial charge on any atom is 0.255 e. The Balaban J connectivity index is 1.66. The number of hydrogen-bond donors (Lipinski definition) is 1. The van der Waals surface area contributed by atoms with E-state index in [1.807, 2.05) is 11.1 Å². The molecule has 0 unspecified atom stereocenters. The number of nitrogens with zero attached hydrogens (tertiary/aromatic N) is 3. The molecule has 6 nitrogen and oxygen atoms in total. The zero-order valence-electron chi connectivity index (χ0n) is 11.8. The Morgan fingerprint density at radius 1 is 1.48 bits per heavy atom. The van der Waals surface area contributed by atoms with Crippen molar-refractivity contribution in [2.75, 3.05) is 26.8 Å². The lowest BCUT2D eigenvalue weighted by Gasteiger charge is -2.23. The second-order valence-corrected chi connectivity index (χ2v) is 5.03. The molecule has 1 aromatic carbocycles. The van der Waals surface area contributed by atoms with Crippen LogP contribution >= 0.6 is 0 Å². The zero-order chi connectivity index (χ0) is 14.8. The molecule has 7 heteroatoms. The lowest BCUT2D eigenvalue weighted by Crippen LogP contribution is -2.49. The van der Waals surface area contributed by atoms with Gasteiger partial charge in [-0.25, -0.2) is 14.4 Å². The number of aliphatic imine (C=N–C) groups is 1. The summed E-state index contributed by atoms with van der Waals surface area (Å²) in [6, 6.07) is 5.08. The second-order valence-electron chi connectivity index (χ2n) is 5.03. The van der Waals surface area contributed by atoms with E-state index in [-0.39, 0.29) is 18.3 Å². The summed E-state index contributed by atoms with van der Waals surface area (Å²) in [5.41, 5.74) is 4.76. The van der Waals surface area contributed by atoms with Crippen molar-refractivity contribution in [1.29, 1.82) is 0 Å². The van der Waals surface area contributed by atoms with Crippen molar-refractivity contribution in [2.24, 2.45) is 4.99 Å². The summed E-state index contributed by atoms with van der Waals surface area (Å²) in [6.07, 6.45) is 0. The van der Waals surface area contributed by atoms with E-state index >= 15 is 0 Å². The fourth-order valence-electron chi connectivity index (χ4n) is 2.59. The molecule has 0 bridgehead atoms. The first-order valence-electron chi connectivity index (χ1n) is 6.80.